The first-order valence-corrected chi connectivity index (χ1v) is 2.99. The van der Waals surface area contributed by atoms with Crippen molar-refractivity contribution in [2.24, 2.45) is 0 Å². The summed E-state index contributed by atoms with van der Waals surface area (Å²) in [4.78, 5) is 0. The molecule has 0 aromatic carbocycles. The summed E-state index contributed by atoms with van der Waals surface area (Å²) in [5, 5.41) is 0. The smallest absolute Gasteiger partial charge is 0.186 e. The molecule has 0 saturated carbocycles. The maximum Gasteiger partial charge on any atom is 0.220 e. The molecule has 6 heavy (non-hydrogen) atoms. The van der Waals surface area contributed by atoms with E-state index in [1.165, 1.54) is 0 Å². The predicted molar refractivity (Wildman–Crippen MR) is 31.8 cm³/mol. The normalized spacial score (nSPS) is 8.33. The summed E-state index contributed by atoms with van der Waals surface area (Å²) in [7, 11) is 0. The van der Waals surface area contributed by atoms with Crippen LogP contribution in [0.25, 0.3) is 0 Å². The first kappa shape index (κ1) is 6.37. The van der Waals surface area contributed by atoms with E-state index in [2.05, 4.69) is 12.2 Å². The monoisotopic (exact) mass is 124 g/mol. The molecule has 0 radical (unpaired) electrons. The minimum absolute atomic E-state index is 0.461. The van der Waals surface area contributed by atoms with Crippen molar-refractivity contribution in [1.82, 2.24) is 0 Å². The van der Waals surface area contributed by atoms with Crippen molar-refractivity contribution in [2.75, 3.05) is 5.75 Å². The highest BCUT2D eigenvalue weighted by molar-refractivity contribution is 8.22. The van der Waals surface area contributed by atoms with Crippen LogP contribution in [0.5, 0.6) is 0 Å². The van der Waals surface area contributed by atoms with Gasteiger partial charge in [0.25, 0.3) is 0 Å². The van der Waals surface area contributed by atoms with E-state index in [-0.39, 0.29) is 0 Å². The van der Waals surface area contributed by atoms with Crippen LogP contribution in [0.3, 0.4) is 0 Å². The summed E-state index contributed by atoms with van der Waals surface area (Å²) in [6.07, 6.45) is 0. The second kappa shape index (κ2) is 3.56. The molecule has 0 bridgehead atoms. The molecule has 0 aliphatic rings. The van der Waals surface area contributed by atoms with Crippen LogP contribution in [-0.2, 0) is 0 Å². The van der Waals surface area contributed by atoms with E-state index >= 15 is 0 Å². The van der Waals surface area contributed by atoms with Crippen molar-refractivity contribution in [2.45, 2.75) is 6.92 Å². The molecule has 0 atom stereocenters. The van der Waals surface area contributed by atoms with Gasteiger partial charge in [-0.15, -0.1) is 0 Å². The van der Waals surface area contributed by atoms with Crippen LogP contribution in [-0.4, -0.2) is 10.2 Å². The number of thiocarbonyl (C=S) groups is 1. The second-order valence-electron chi connectivity index (χ2n) is 0.671. The predicted octanol–water partition coefficient (Wildman–Crippen LogP) is 1.99. The molecule has 0 saturated heterocycles. The lowest BCUT2D eigenvalue weighted by Crippen LogP contribution is -1.71. The fraction of sp³-hybridized carbons (Fsp3) is 0.667. The number of halogens is 1. The Labute approximate surface area is 46.1 Å². The molecule has 0 aromatic rings. The molecule has 0 aliphatic heterocycles. The molecule has 0 rings (SSSR count). The lowest BCUT2D eigenvalue weighted by molar-refractivity contribution is 0.853. The summed E-state index contributed by atoms with van der Waals surface area (Å²) < 4.78 is 10.9. The molecule has 0 N–H and O–H groups in total. The van der Waals surface area contributed by atoms with Crippen molar-refractivity contribution >= 4 is 28.4 Å². The first-order valence-electron chi connectivity index (χ1n) is 1.59. The number of rotatable bonds is 1. The number of thioether (sulfide) groups is 1. The molecule has 36 valence electrons. The topological polar surface area (TPSA) is 0 Å². The summed E-state index contributed by atoms with van der Waals surface area (Å²) in [6.45, 7) is 1.86. The molecule has 0 heterocycles. The summed E-state index contributed by atoms with van der Waals surface area (Å²) in [5.41, 5.74) is 0. The van der Waals surface area contributed by atoms with Gasteiger partial charge in [-0.1, -0.05) is 18.7 Å². The van der Waals surface area contributed by atoms with Crippen LogP contribution in [0.2, 0.25) is 0 Å². The van der Waals surface area contributed by atoms with E-state index in [4.69, 9.17) is 0 Å². The fourth-order valence-electron chi connectivity index (χ4n) is 0.113. The SMILES string of the molecule is CCSC(F)=S. The van der Waals surface area contributed by atoms with Crippen LogP contribution in [0, 0.1) is 0 Å². The van der Waals surface area contributed by atoms with Crippen molar-refractivity contribution in [3.63, 3.8) is 0 Å². The summed E-state index contributed by atoms with van der Waals surface area (Å²) >= 11 is 5.14. The highest BCUT2D eigenvalue weighted by atomic mass is 32.2. The second-order valence-corrected chi connectivity index (χ2v) is 2.51. The maximum absolute atomic E-state index is 11.4. The maximum atomic E-state index is 11.4. The lowest BCUT2D eigenvalue weighted by Gasteiger charge is -1.80. The van der Waals surface area contributed by atoms with Crippen LogP contribution in [0.1, 0.15) is 6.92 Å². The van der Waals surface area contributed by atoms with Gasteiger partial charge in [-0.05, 0) is 18.0 Å². The molecule has 3 heteroatoms. The Balaban J connectivity index is 2.83. The van der Waals surface area contributed by atoms with Crippen molar-refractivity contribution in [1.29, 1.82) is 0 Å². The highest BCUT2D eigenvalue weighted by Gasteiger charge is 1.84. The van der Waals surface area contributed by atoms with Gasteiger partial charge >= 0.3 is 0 Å². The van der Waals surface area contributed by atoms with Gasteiger partial charge < -0.3 is 0 Å². The van der Waals surface area contributed by atoms with Crippen molar-refractivity contribution in [3.8, 4) is 0 Å². The van der Waals surface area contributed by atoms with Gasteiger partial charge in [0, 0.05) is 0 Å². The van der Waals surface area contributed by atoms with E-state index in [0.717, 1.165) is 17.5 Å². The average molecular weight is 124 g/mol. The van der Waals surface area contributed by atoms with Gasteiger partial charge in [0.05, 0.1) is 0 Å². The first-order chi connectivity index (χ1) is 2.77. The van der Waals surface area contributed by atoms with Crippen molar-refractivity contribution in [3.05, 3.63) is 0 Å². The number of hydrogen-bond donors (Lipinski definition) is 0. The third-order valence-corrected chi connectivity index (χ3v) is 1.13. The molecule has 0 fully saturated rings. The molecule has 0 nitrogen and oxygen atoms in total. The molecular weight excluding hydrogens is 119 g/mol. The minimum atomic E-state index is -0.461. The van der Waals surface area contributed by atoms with Crippen LogP contribution >= 0.6 is 24.0 Å². The van der Waals surface area contributed by atoms with Crippen LogP contribution in [0.15, 0.2) is 0 Å². The molecule has 0 aromatic heterocycles. The van der Waals surface area contributed by atoms with Crippen molar-refractivity contribution < 1.29 is 4.39 Å². The van der Waals surface area contributed by atoms with E-state index in [1.54, 1.807) is 0 Å². The average Bonchev–Trinajstić information content (AvgIpc) is 1.35. The quantitative estimate of drug-likeness (QED) is 0.387. The number of hydrogen-bond acceptors (Lipinski definition) is 2. The molecule has 0 spiro atoms. The molecule has 0 unspecified atom stereocenters. The van der Waals surface area contributed by atoms with Gasteiger partial charge in [0.15, 0.2) is 0 Å². The Kier molecular flexibility index (Phi) is 3.78. The zero-order chi connectivity index (χ0) is 4.99. The van der Waals surface area contributed by atoms with E-state index < -0.39 is 4.45 Å². The Morgan fingerprint density at radius 1 is 2.00 bits per heavy atom. The minimum Gasteiger partial charge on any atom is -0.186 e. The van der Waals surface area contributed by atoms with E-state index in [9.17, 15) is 4.39 Å². The Hall–Kier alpha value is 0.370. The molecule has 0 aliphatic carbocycles. The Bertz CT molecular complexity index is 52.8. The van der Waals surface area contributed by atoms with E-state index in [0.29, 0.717) is 0 Å². The third-order valence-electron chi connectivity index (χ3n) is 0.258. The lowest BCUT2D eigenvalue weighted by atomic mass is 11.0. The standard InChI is InChI=1S/C3H5FS2/c1-2-6-3(4)5/h2H2,1H3. The Morgan fingerprint density at radius 3 is 2.50 bits per heavy atom. The zero-order valence-corrected chi connectivity index (χ0v) is 5.03. The van der Waals surface area contributed by atoms with Gasteiger partial charge in [-0.3, -0.25) is 0 Å². The molecular formula is C3H5FS2. The fourth-order valence-corrected chi connectivity index (χ4v) is 0.694. The zero-order valence-electron chi connectivity index (χ0n) is 3.40. The van der Waals surface area contributed by atoms with Crippen LogP contribution in [0.4, 0.5) is 4.39 Å². The van der Waals surface area contributed by atoms with E-state index in [1.807, 2.05) is 6.92 Å². The van der Waals surface area contributed by atoms with Gasteiger partial charge in [0.2, 0.25) is 4.45 Å². The highest BCUT2D eigenvalue weighted by Crippen LogP contribution is 2.02. The van der Waals surface area contributed by atoms with Crippen LogP contribution < -0.4 is 0 Å². The molecule has 0 amide bonds. The third kappa shape index (κ3) is 4.37. The Morgan fingerprint density at radius 2 is 2.50 bits per heavy atom. The summed E-state index contributed by atoms with van der Waals surface area (Å²) in [6, 6.07) is 0. The largest absolute Gasteiger partial charge is 0.220 e. The van der Waals surface area contributed by atoms with Gasteiger partial charge in [-0.25, -0.2) is 0 Å². The summed E-state index contributed by atoms with van der Waals surface area (Å²) in [5.74, 6) is 0.731. The van der Waals surface area contributed by atoms with Gasteiger partial charge in [-0.2, -0.15) is 4.39 Å². The van der Waals surface area contributed by atoms with Gasteiger partial charge in [0.1, 0.15) is 0 Å².